The SMILES string of the molecule is CCCCCc1ccc(S(=O)(=O)Nc2ccc(CC#N)cc2)cc1. The van der Waals surface area contributed by atoms with Crippen molar-refractivity contribution < 1.29 is 8.42 Å². The van der Waals surface area contributed by atoms with E-state index < -0.39 is 10.0 Å². The highest BCUT2D eigenvalue weighted by molar-refractivity contribution is 7.92. The monoisotopic (exact) mass is 342 g/mol. The number of unbranched alkanes of at least 4 members (excludes halogenated alkanes) is 2. The van der Waals surface area contributed by atoms with Gasteiger partial charge in [-0.25, -0.2) is 8.42 Å². The molecule has 0 amide bonds. The van der Waals surface area contributed by atoms with Crippen LogP contribution in [-0.4, -0.2) is 8.42 Å². The van der Waals surface area contributed by atoms with E-state index in [1.165, 1.54) is 12.8 Å². The maximum atomic E-state index is 12.4. The molecule has 0 aromatic heterocycles. The van der Waals surface area contributed by atoms with Crippen LogP contribution in [0.3, 0.4) is 0 Å². The zero-order chi connectivity index (χ0) is 17.4. The molecule has 0 spiro atoms. The smallest absolute Gasteiger partial charge is 0.261 e. The van der Waals surface area contributed by atoms with Crippen LogP contribution >= 0.6 is 0 Å². The average molecular weight is 342 g/mol. The van der Waals surface area contributed by atoms with Crippen molar-refractivity contribution in [2.45, 2.75) is 43.9 Å². The Labute approximate surface area is 144 Å². The molecule has 0 saturated carbocycles. The Morgan fingerprint density at radius 3 is 2.17 bits per heavy atom. The number of nitrogens with one attached hydrogen (secondary N) is 1. The van der Waals surface area contributed by atoms with Gasteiger partial charge in [0.2, 0.25) is 0 Å². The van der Waals surface area contributed by atoms with Crippen LogP contribution in [0.1, 0.15) is 37.3 Å². The molecule has 0 unspecified atom stereocenters. The van der Waals surface area contributed by atoms with Gasteiger partial charge in [-0.3, -0.25) is 4.72 Å². The maximum Gasteiger partial charge on any atom is 0.261 e. The normalized spacial score (nSPS) is 11.0. The summed E-state index contributed by atoms with van der Waals surface area (Å²) in [5.41, 5.74) is 2.50. The van der Waals surface area contributed by atoms with E-state index in [0.29, 0.717) is 12.1 Å². The van der Waals surface area contributed by atoms with E-state index in [1.807, 2.05) is 12.1 Å². The van der Waals surface area contributed by atoms with Crippen LogP contribution in [0.5, 0.6) is 0 Å². The Hall–Kier alpha value is -2.32. The number of hydrogen-bond acceptors (Lipinski definition) is 3. The van der Waals surface area contributed by atoms with Gasteiger partial charge in [-0.2, -0.15) is 5.26 Å². The van der Waals surface area contributed by atoms with Gasteiger partial charge in [-0.05, 0) is 48.2 Å². The van der Waals surface area contributed by atoms with Crippen molar-refractivity contribution in [3.05, 3.63) is 59.7 Å². The third-order valence-electron chi connectivity index (χ3n) is 3.79. The van der Waals surface area contributed by atoms with Crippen LogP contribution in [0.25, 0.3) is 0 Å². The molecule has 0 aliphatic carbocycles. The highest BCUT2D eigenvalue weighted by Gasteiger charge is 2.13. The van der Waals surface area contributed by atoms with Crippen molar-refractivity contribution in [2.75, 3.05) is 4.72 Å². The average Bonchev–Trinajstić information content (AvgIpc) is 2.57. The molecule has 0 fully saturated rings. The summed E-state index contributed by atoms with van der Waals surface area (Å²) < 4.78 is 27.4. The number of sulfonamides is 1. The lowest BCUT2D eigenvalue weighted by Crippen LogP contribution is -2.12. The first-order chi connectivity index (χ1) is 11.5. The van der Waals surface area contributed by atoms with Gasteiger partial charge in [0.1, 0.15) is 0 Å². The number of rotatable bonds is 8. The fraction of sp³-hybridized carbons (Fsp3) is 0.316. The van der Waals surface area contributed by atoms with Gasteiger partial charge >= 0.3 is 0 Å². The fourth-order valence-corrected chi connectivity index (χ4v) is 3.47. The number of hydrogen-bond donors (Lipinski definition) is 1. The van der Waals surface area contributed by atoms with Crippen LogP contribution in [0.2, 0.25) is 0 Å². The van der Waals surface area contributed by atoms with Crippen LogP contribution in [0.15, 0.2) is 53.4 Å². The predicted octanol–water partition coefficient (Wildman–Crippen LogP) is 4.29. The van der Waals surface area contributed by atoms with Crippen molar-refractivity contribution in [2.24, 2.45) is 0 Å². The van der Waals surface area contributed by atoms with Crippen LogP contribution in [-0.2, 0) is 22.9 Å². The van der Waals surface area contributed by atoms with E-state index >= 15 is 0 Å². The molecule has 4 nitrogen and oxygen atoms in total. The third kappa shape index (κ3) is 5.10. The summed E-state index contributed by atoms with van der Waals surface area (Å²) >= 11 is 0. The molecule has 0 aliphatic heterocycles. The minimum absolute atomic E-state index is 0.253. The lowest BCUT2D eigenvalue weighted by molar-refractivity contribution is 0.601. The molecular formula is C19H22N2O2S. The molecule has 0 saturated heterocycles. The summed E-state index contributed by atoms with van der Waals surface area (Å²) in [5.74, 6) is 0. The van der Waals surface area contributed by atoms with Gasteiger partial charge in [-0.1, -0.05) is 44.0 Å². The Morgan fingerprint density at radius 2 is 1.58 bits per heavy atom. The zero-order valence-corrected chi connectivity index (χ0v) is 14.6. The molecular weight excluding hydrogens is 320 g/mol. The molecule has 2 aromatic carbocycles. The van der Waals surface area contributed by atoms with E-state index in [4.69, 9.17) is 5.26 Å². The summed E-state index contributed by atoms with van der Waals surface area (Å²) in [5, 5.41) is 8.65. The van der Waals surface area contributed by atoms with Gasteiger partial charge in [0.05, 0.1) is 17.4 Å². The highest BCUT2D eigenvalue weighted by Crippen LogP contribution is 2.18. The molecule has 0 aliphatic rings. The molecule has 0 radical (unpaired) electrons. The van der Waals surface area contributed by atoms with E-state index in [1.54, 1.807) is 36.4 Å². The Morgan fingerprint density at radius 1 is 0.958 bits per heavy atom. The van der Waals surface area contributed by atoms with E-state index in [9.17, 15) is 8.42 Å². The van der Waals surface area contributed by atoms with Gasteiger partial charge in [-0.15, -0.1) is 0 Å². The first-order valence-corrected chi connectivity index (χ1v) is 9.61. The Bertz CT molecular complexity index is 789. The molecule has 2 aromatic rings. The molecule has 2 rings (SSSR count). The molecule has 24 heavy (non-hydrogen) atoms. The standard InChI is InChI=1S/C19H22N2O2S/c1-2-3-4-5-16-8-12-19(13-9-16)24(22,23)21-18-10-6-17(7-11-18)14-15-20/h6-13,21H,2-5,14H2,1H3. The summed E-state index contributed by atoms with van der Waals surface area (Å²) in [6, 6.07) is 15.9. The molecule has 5 heteroatoms. The molecule has 0 atom stereocenters. The van der Waals surface area contributed by atoms with Crippen molar-refractivity contribution in [3.63, 3.8) is 0 Å². The number of nitrogens with zero attached hydrogens (tertiary/aromatic N) is 1. The van der Waals surface area contributed by atoms with Gasteiger partial charge in [0.25, 0.3) is 10.0 Å². The highest BCUT2D eigenvalue weighted by atomic mass is 32.2. The van der Waals surface area contributed by atoms with Crippen molar-refractivity contribution in [3.8, 4) is 6.07 Å². The largest absolute Gasteiger partial charge is 0.280 e. The van der Waals surface area contributed by atoms with Crippen LogP contribution in [0.4, 0.5) is 5.69 Å². The summed E-state index contributed by atoms with van der Waals surface area (Å²) in [6.45, 7) is 2.16. The lowest BCUT2D eigenvalue weighted by Gasteiger charge is -2.09. The van der Waals surface area contributed by atoms with Crippen molar-refractivity contribution in [1.29, 1.82) is 5.26 Å². The second-order valence-electron chi connectivity index (χ2n) is 5.74. The van der Waals surface area contributed by atoms with Crippen LogP contribution < -0.4 is 4.72 Å². The number of aryl methyl sites for hydroxylation is 1. The molecule has 0 heterocycles. The van der Waals surface area contributed by atoms with Crippen LogP contribution in [0, 0.1) is 11.3 Å². The van der Waals surface area contributed by atoms with E-state index in [0.717, 1.165) is 24.0 Å². The van der Waals surface area contributed by atoms with Gasteiger partial charge in [0, 0.05) is 5.69 Å². The number of anilines is 1. The topological polar surface area (TPSA) is 70.0 Å². The minimum atomic E-state index is -3.60. The minimum Gasteiger partial charge on any atom is -0.280 e. The second-order valence-corrected chi connectivity index (χ2v) is 7.42. The quantitative estimate of drug-likeness (QED) is 0.728. The summed E-state index contributed by atoms with van der Waals surface area (Å²) in [6.07, 6.45) is 4.76. The Kier molecular flexibility index (Phi) is 6.39. The van der Waals surface area contributed by atoms with Crippen molar-refractivity contribution >= 4 is 15.7 Å². The lowest BCUT2D eigenvalue weighted by atomic mass is 10.1. The van der Waals surface area contributed by atoms with Crippen molar-refractivity contribution in [1.82, 2.24) is 0 Å². The first-order valence-electron chi connectivity index (χ1n) is 8.13. The number of benzene rings is 2. The summed E-state index contributed by atoms with van der Waals surface area (Å²) in [4.78, 5) is 0.253. The zero-order valence-electron chi connectivity index (χ0n) is 13.8. The molecule has 0 bridgehead atoms. The number of nitriles is 1. The van der Waals surface area contributed by atoms with E-state index in [-0.39, 0.29) is 4.90 Å². The molecule has 126 valence electrons. The predicted molar refractivity (Wildman–Crippen MR) is 96.2 cm³/mol. The summed E-state index contributed by atoms with van der Waals surface area (Å²) in [7, 11) is -3.60. The third-order valence-corrected chi connectivity index (χ3v) is 5.19. The fourth-order valence-electron chi connectivity index (χ4n) is 2.41. The first kappa shape index (κ1) is 18.0. The van der Waals surface area contributed by atoms with Gasteiger partial charge < -0.3 is 0 Å². The van der Waals surface area contributed by atoms with E-state index in [2.05, 4.69) is 17.7 Å². The maximum absolute atomic E-state index is 12.4. The molecule has 1 N–H and O–H groups in total. The van der Waals surface area contributed by atoms with Gasteiger partial charge in [0.15, 0.2) is 0 Å². The second kappa shape index (κ2) is 8.51. The Balaban J connectivity index is 2.05.